The van der Waals surface area contributed by atoms with Crippen LogP contribution in [0, 0.1) is 22.9 Å². The lowest BCUT2D eigenvalue weighted by Gasteiger charge is -2.24. The number of alkyl halides is 1. The van der Waals surface area contributed by atoms with E-state index in [4.69, 9.17) is 28.5 Å². The van der Waals surface area contributed by atoms with E-state index >= 15 is 0 Å². The van der Waals surface area contributed by atoms with Crippen molar-refractivity contribution in [3.8, 4) is 12.3 Å². The Morgan fingerprint density at radius 1 is 1.70 bits per heavy atom. The molecule has 6 nitrogen and oxygen atoms in total. The molecule has 4 atom stereocenters. The van der Waals surface area contributed by atoms with Crippen LogP contribution in [0.5, 0.6) is 0 Å². The summed E-state index contributed by atoms with van der Waals surface area (Å²) in [6.45, 7) is -0.690. The molecule has 0 aromatic carbocycles. The SMILES string of the molecule is C#C[C@@]1(F)C(O)[C@@H](CO)O[C@H]1n1cc(F)c(=O)[nH]c1=S. The van der Waals surface area contributed by atoms with Crippen LogP contribution >= 0.6 is 12.2 Å². The standard InChI is InChI=1S/C11H10F2N2O4S/c1-2-11(13)7(17)6(4-16)19-9(11)15-3-5(12)8(18)14-10(15)20/h1,3,6-7,9,16-17H,4H2,(H,14,18,20)/t6-,7?,9-,11-/m1/s1. The predicted octanol–water partition coefficient (Wildman–Crippen LogP) is -0.363. The maximum absolute atomic E-state index is 14.6. The van der Waals surface area contributed by atoms with Crippen LogP contribution in [-0.4, -0.2) is 44.2 Å². The number of aromatic nitrogens is 2. The van der Waals surface area contributed by atoms with E-state index < -0.39 is 42.1 Å². The van der Waals surface area contributed by atoms with Gasteiger partial charge in [0.15, 0.2) is 11.0 Å². The van der Waals surface area contributed by atoms with E-state index in [9.17, 15) is 18.7 Å². The van der Waals surface area contributed by atoms with Gasteiger partial charge in [-0.05, 0) is 12.2 Å². The molecule has 20 heavy (non-hydrogen) atoms. The molecule has 3 N–H and O–H groups in total. The largest absolute Gasteiger partial charge is 0.394 e. The highest BCUT2D eigenvalue weighted by molar-refractivity contribution is 7.71. The number of aromatic amines is 1. The second-order valence-electron chi connectivity index (χ2n) is 4.21. The van der Waals surface area contributed by atoms with Crippen molar-refractivity contribution >= 4 is 12.2 Å². The molecule has 0 radical (unpaired) electrons. The summed E-state index contributed by atoms with van der Waals surface area (Å²) < 4.78 is 33.4. The number of rotatable bonds is 2. The van der Waals surface area contributed by atoms with Gasteiger partial charge in [-0.25, -0.2) is 4.39 Å². The zero-order valence-electron chi connectivity index (χ0n) is 9.92. The first-order chi connectivity index (χ1) is 9.35. The molecule has 0 spiro atoms. The Bertz CT molecular complexity index is 682. The normalized spacial score (nSPS) is 33.0. The summed E-state index contributed by atoms with van der Waals surface area (Å²) in [7, 11) is 0. The fourth-order valence-corrected chi connectivity index (χ4v) is 2.20. The second-order valence-corrected chi connectivity index (χ2v) is 4.60. The Morgan fingerprint density at radius 2 is 2.35 bits per heavy atom. The fraction of sp³-hybridized carbons (Fsp3) is 0.455. The summed E-state index contributed by atoms with van der Waals surface area (Å²) in [5.41, 5.74) is -3.80. The third-order valence-electron chi connectivity index (χ3n) is 3.02. The van der Waals surface area contributed by atoms with E-state index in [0.717, 1.165) is 4.57 Å². The zero-order valence-corrected chi connectivity index (χ0v) is 10.7. The molecule has 1 aromatic heterocycles. The molecule has 108 valence electrons. The molecule has 1 fully saturated rings. The first kappa shape index (κ1) is 14.8. The summed E-state index contributed by atoms with van der Waals surface area (Å²) in [5, 5.41) is 18.7. The summed E-state index contributed by atoms with van der Waals surface area (Å²) in [6, 6.07) is 0. The topological polar surface area (TPSA) is 87.5 Å². The number of terminal acetylenes is 1. The van der Waals surface area contributed by atoms with E-state index in [0.29, 0.717) is 6.20 Å². The molecular weight excluding hydrogens is 294 g/mol. The average Bonchev–Trinajstić information content (AvgIpc) is 2.67. The van der Waals surface area contributed by atoms with Crippen LogP contribution in [0.1, 0.15) is 6.23 Å². The minimum absolute atomic E-state index is 0.329. The van der Waals surface area contributed by atoms with Crippen LogP contribution in [0.3, 0.4) is 0 Å². The Labute approximate surface area is 116 Å². The van der Waals surface area contributed by atoms with Gasteiger partial charge in [0.1, 0.15) is 12.2 Å². The third-order valence-corrected chi connectivity index (χ3v) is 3.34. The fourth-order valence-electron chi connectivity index (χ4n) is 1.96. The van der Waals surface area contributed by atoms with Crippen LogP contribution in [0.2, 0.25) is 0 Å². The molecule has 1 saturated heterocycles. The minimum atomic E-state index is -2.73. The number of ether oxygens (including phenoxy) is 1. The minimum Gasteiger partial charge on any atom is -0.394 e. The van der Waals surface area contributed by atoms with Gasteiger partial charge in [0.05, 0.1) is 12.8 Å². The van der Waals surface area contributed by atoms with Gasteiger partial charge in [0.2, 0.25) is 11.5 Å². The van der Waals surface area contributed by atoms with Gasteiger partial charge in [-0.1, -0.05) is 5.92 Å². The number of nitrogens with zero attached hydrogens (tertiary/aromatic N) is 1. The van der Waals surface area contributed by atoms with Crippen LogP contribution in [0.4, 0.5) is 8.78 Å². The third kappa shape index (κ3) is 2.06. The molecule has 2 heterocycles. The number of H-pyrrole nitrogens is 1. The highest BCUT2D eigenvalue weighted by atomic mass is 32.1. The number of hydrogen-bond acceptors (Lipinski definition) is 5. The number of halogens is 2. The Hall–Kier alpha value is -1.60. The Morgan fingerprint density at radius 3 is 2.90 bits per heavy atom. The molecule has 1 aliphatic rings. The van der Waals surface area contributed by atoms with Crippen molar-refractivity contribution in [3.63, 3.8) is 0 Å². The van der Waals surface area contributed by atoms with Gasteiger partial charge < -0.3 is 14.9 Å². The number of aliphatic hydroxyl groups excluding tert-OH is 2. The predicted molar refractivity (Wildman–Crippen MR) is 65.5 cm³/mol. The maximum Gasteiger partial charge on any atom is 0.287 e. The van der Waals surface area contributed by atoms with Gasteiger partial charge in [0, 0.05) is 0 Å². The Balaban J connectivity index is 2.58. The van der Waals surface area contributed by atoms with Crippen LogP contribution in [0.25, 0.3) is 0 Å². The molecular formula is C11H10F2N2O4S. The zero-order chi connectivity index (χ0) is 15.1. The van der Waals surface area contributed by atoms with E-state index in [1.165, 1.54) is 0 Å². The molecule has 2 rings (SSSR count). The van der Waals surface area contributed by atoms with Crippen molar-refractivity contribution in [1.29, 1.82) is 0 Å². The number of nitrogens with one attached hydrogen (secondary N) is 1. The molecule has 0 bridgehead atoms. The van der Waals surface area contributed by atoms with Crippen molar-refractivity contribution in [2.24, 2.45) is 0 Å². The molecule has 9 heteroatoms. The molecule has 0 amide bonds. The van der Waals surface area contributed by atoms with Gasteiger partial charge in [0.25, 0.3) is 5.56 Å². The quantitative estimate of drug-likeness (QED) is 0.513. The van der Waals surface area contributed by atoms with E-state index in [2.05, 4.69) is 0 Å². The molecule has 1 unspecified atom stereocenters. The van der Waals surface area contributed by atoms with E-state index in [1.54, 1.807) is 5.92 Å². The maximum atomic E-state index is 14.6. The highest BCUT2D eigenvalue weighted by Gasteiger charge is 2.57. The highest BCUT2D eigenvalue weighted by Crippen LogP contribution is 2.41. The smallest absolute Gasteiger partial charge is 0.287 e. The summed E-state index contributed by atoms with van der Waals surface area (Å²) in [6.07, 6.45) is 0.909. The summed E-state index contributed by atoms with van der Waals surface area (Å²) in [4.78, 5) is 13.0. The lowest BCUT2D eigenvalue weighted by molar-refractivity contribution is -0.0538. The van der Waals surface area contributed by atoms with E-state index in [-0.39, 0.29) is 4.77 Å². The summed E-state index contributed by atoms with van der Waals surface area (Å²) in [5.74, 6) is 0.511. The summed E-state index contributed by atoms with van der Waals surface area (Å²) >= 11 is 4.78. The second kappa shape index (κ2) is 5.06. The van der Waals surface area contributed by atoms with Crippen LogP contribution in [-0.2, 0) is 4.74 Å². The Kier molecular flexibility index (Phi) is 3.75. The molecule has 1 aromatic rings. The monoisotopic (exact) mass is 304 g/mol. The first-order valence-corrected chi connectivity index (χ1v) is 5.88. The average molecular weight is 304 g/mol. The lowest BCUT2D eigenvalue weighted by atomic mass is 9.97. The first-order valence-electron chi connectivity index (χ1n) is 5.47. The van der Waals surface area contributed by atoms with Crippen molar-refractivity contribution in [1.82, 2.24) is 9.55 Å². The molecule has 0 aliphatic carbocycles. The van der Waals surface area contributed by atoms with Gasteiger partial charge >= 0.3 is 0 Å². The van der Waals surface area contributed by atoms with Crippen molar-refractivity contribution < 1.29 is 23.7 Å². The molecule has 1 aliphatic heterocycles. The van der Waals surface area contributed by atoms with Crippen LogP contribution in [0.15, 0.2) is 11.0 Å². The number of hydrogen-bond donors (Lipinski definition) is 3. The number of aliphatic hydroxyl groups is 2. The van der Waals surface area contributed by atoms with Gasteiger partial charge in [-0.2, -0.15) is 4.39 Å². The van der Waals surface area contributed by atoms with Crippen molar-refractivity contribution in [2.75, 3.05) is 6.61 Å². The van der Waals surface area contributed by atoms with Crippen LogP contribution < -0.4 is 5.56 Å². The lowest BCUT2D eigenvalue weighted by Crippen LogP contribution is -2.42. The van der Waals surface area contributed by atoms with Gasteiger partial charge in [-0.15, -0.1) is 6.42 Å². The van der Waals surface area contributed by atoms with Crippen molar-refractivity contribution in [2.45, 2.75) is 24.1 Å². The van der Waals surface area contributed by atoms with Gasteiger partial charge in [-0.3, -0.25) is 14.3 Å². The molecule has 0 saturated carbocycles. The van der Waals surface area contributed by atoms with Crippen molar-refractivity contribution in [3.05, 3.63) is 27.1 Å². The van der Waals surface area contributed by atoms with E-state index in [1.807, 2.05) is 4.98 Å².